The lowest BCUT2D eigenvalue weighted by Crippen LogP contribution is -2.27. The number of nitrogens with zero attached hydrogens (tertiary/aromatic N) is 2. The van der Waals surface area contributed by atoms with Gasteiger partial charge in [-0.15, -0.1) is 11.3 Å². The highest BCUT2D eigenvalue weighted by atomic mass is 32.1. The molecule has 0 amide bonds. The first-order chi connectivity index (χ1) is 19.2. The first-order valence-electron chi connectivity index (χ1n) is 14.1. The van der Waals surface area contributed by atoms with Gasteiger partial charge in [-0.3, -0.25) is 9.69 Å². The van der Waals surface area contributed by atoms with E-state index in [1.165, 1.54) is 25.9 Å². The summed E-state index contributed by atoms with van der Waals surface area (Å²) < 4.78 is 13.1. The molecule has 39 heavy (non-hydrogen) atoms. The predicted molar refractivity (Wildman–Crippen MR) is 162 cm³/mol. The van der Waals surface area contributed by atoms with E-state index in [0.29, 0.717) is 18.8 Å². The maximum atomic E-state index is 13.9. The highest BCUT2D eigenvalue weighted by molar-refractivity contribution is 7.22. The number of fused-ring (bicyclic) bond motifs is 1. The van der Waals surface area contributed by atoms with Gasteiger partial charge >= 0.3 is 0 Å². The average Bonchev–Trinajstić information content (AvgIpc) is 3.64. The van der Waals surface area contributed by atoms with Crippen molar-refractivity contribution in [3.05, 3.63) is 83.9 Å². The van der Waals surface area contributed by atoms with E-state index in [1.54, 1.807) is 11.3 Å². The Kier molecular flexibility index (Phi) is 9.30. The highest BCUT2D eigenvalue weighted by Gasteiger charge is 2.21. The van der Waals surface area contributed by atoms with Crippen molar-refractivity contribution in [2.45, 2.75) is 26.7 Å². The first-order valence-corrected chi connectivity index (χ1v) is 14.9. The molecule has 0 N–H and O–H groups in total. The van der Waals surface area contributed by atoms with Crippen molar-refractivity contribution >= 4 is 27.2 Å². The van der Waals surface area contributed by atoms with E-state index in [1.807, 2.05) is 54.6 Å². The molecule has 4 aromatic rings. The van der Waals surface area contributed by atoms with Gasteiger partial charge in [0, 0.05) is 39.2 Å². The van der Waals surface area contributed by atoms with Gasteiger partial charge in [-0.25, -0.2) is 0 Å². The molecule has 5 nitrogen and oxygen atoms in total. The van der Waals surface area contributed by atoms with Crippen LogP contribution in [0.3, 0.4) is 0 Å². The molecular formula is C33H38N2O3S. The summed E-state index contributed by atoms with van der Waals surface area (Å²) in [5.41, 5.74) is 2.45. The van der Waals surface area contributed by atoms with Gasteiger partial charge in [-0.2, -0.15) is 0 Å². The fourth-order valence-corrected chi connectivity index (χ4v) is 6.36. The van der Waals surface area contributed by atoms with Gasteiger partial charge in [0.05, 0.1) is 0 Å². The zero-order valence-electron chi connectivity index (χ0n) is 23.0. The number of hydrogen-bond donors (Lipinski definition) is 0. The Bertz CT molecular complexity index is 1350. The zero-order valence-corrected chi connectivity index (χ0v) is 23.8. The van der Waals surface area contributed by atoms with E-state index >= 15 is 0 Å². The molecule has 204 valence electrons. The van der Waals surface area contributed by atoms with E-state index < -0.39 is 0 Å². The van der Waals surface area contributed by atoms with Crippen LogP contribution in [0.25, 0.3) is 20.5 Å². The number of carbonyl (C=O) groups is 1. The third kappa shape index (κ3) is 6.70. The number of likely N-dealkylation sites (N-methyl/N-ethyl adjacent to an activating group) is 1. The second kappa shape index (κ2) is 13.2. The van der Waals surface area contributed by atoms with E-state index in [0.717, 1.165) is 63.8 Å². The van der Waals surface area contributed by atoms with Gasteiger partial charge in [-0.05, 0) is 99.2 Å². The van der Waals surface area contributed by atoms with Crippen LogP contribution in [0, 0.1) is 0 Å². The second-order valence-electron chi connectivity index (χ2n) is 9.95. The molecule has 1 aliphatic heterocycles. The molecular weight excluding hydrogens is 504 g/mol. The first kappa shape index (κ1) is 27.4. The minimum Gasteiger partial charge on any atom is -0.492 e. The van der Waals surface area contributed by atoms with E-state index in [-0.39, 0.29) is 5.78 Å². The monoisotopic (exact) mass is 542 g/mol. The van der Waals surface area contributed by atoms with Crippen molar-refractivity contribution in [1.82, 2.24) is 9.80 Å². The SMILES string of the molecule is CCN(CC)CCOc1ccc(C(=O)c2c(-c3ccc(OCCN4CCCC4)cc3)sc3ccccc23)cc1. The van der Waals surface area contributed by atoms with Crippen molar-refractivity contribution in [2.75, 3.05) is 52.5 Å². The smallest absolute Gasteiger partial charge is 0.195 e. The van der Waals surface area contributed by atoms with Crippen molar-refractivity contribution in [1.29, 1.82) is 0 Å². The minimum atomic E-state index is 0.0306. The number of rotatable bonds is 13. The molecule has 1 aromatic heterocycles. The van der Waals surface area contributed by atoms with E-state index in [4.69, 9.17) is 9.47 Å². The fourth-order valence-electron chi connectivity index (χ4n) is 5.15. The Balaban J connectivity index is 1.32. The van der Waals surface area contributed by atoms with Crippen LogP contribution in [0.15, 0.2) is 72.8 Å². The number of thiophene rings is 1. The fraction of sp³-hybridized carbons (Fsp3) is 0.364. The summed E-state index contributed by atoms with van der Waals surface area (Å²) in [7, 11) is 0. The maximum absolute atomic E-state index is 13.9. The molecule has 5 rings (SSSR count). The van der Waals surface area contributed by atoms with Crippen LogP contribution in [0.4, 0.5) is 0 Å². The normalized spacial score (nSPS) is 13.8. The Hall–Kier alpha value is -3.19. The van der Waals surface area contributed by atoms with Gasteiger partial charge in [0.25, 0.3) is 0 Å². The molecule has 0 bridgehead atoms. The highest BCUT2D eigenvalue weighted by Crippen LogP contribution is 2.40. The lowest BCUT2D eigenvalue weighted by molar-refractivity contribution is 0.104. The summed E-state index contributed by atoms with van der Waals surface area (Å²) in [5.74, 6) is 1.68. The van der Waals surface area contributed by atoms with Crippen LogP contribution in [0.5, 0.6) is 11.5 Å². The van der Waals surface area contributed by atoms with Crippen LogP contribution in [-0.4, -0.2) is 68.1 Å². The minimum absolute atomic E-state index is 0.0306. The van der Waals surface area contributed by atoms with Crippen molar-refractivity contribution in [3.63, 3.8) is 0 Å². The van der Waals surface area contributed by atoms with E-state index in [2.05, 4.69) is 41.8 Å². The molecule has 3 aromatic carbocycles. The third-order valence-electron chi connectivity index (χ3n) is 7.50. The molecule has 0 saturated carbocycles. The Labute approximate surface area is 236 Å². The van der Waals surface area contributed by atoms with Crippen LogP contribution in [0.2, 0.25) is 0 Å². The topological polar surface area (TPSA) is 42.0 Å². The van der Waals surface area contributed by atoms with Gasteiger partial charge in [-0.1, -0.05) is 32.0 Å². The number of benzene rings is 3. The number of likely N-dealkylation sites (tertiary alicyclic amines) is 1. The van der Waals surface area contributed by atoms with Crippen LogP contribution in [-0.2, 0) is 0 Å². The number of hydrogen-bond acceptors (Lipinski definition) is 6. The molecule has 0 radical (unpaired) electrons. The molecule has 1 fully saturated rings. The molecule has 0 atom stereocenters. The number of ether oxygens (including phenoxy) is 2. The molecule has 0 spiro atoms. The van der Waals surface area contributed by atoms with Gasteiger partial charge in [0.15, 0.2) is 5.78 Å². The Morgan fingerprint density at radius 2 is 1.49 bits per heavy atom. The third-order valence-corrected chi connectivity index (χ3v) is 8.72. The Morgan fingerprint density at radius 3 is 2.18 bits per heavy atom. The van der Waals surface area contributed by atoms with Crippen molar-refractivity contribution in [3.8, 4) is 21.9 Å². The van der Waals surface area contributed by atoms with Crippen molar-refractivity contribution in [2.24, 2.45) is 0 Å². The van der Waals surface area contributed by atoms with Crippen LogP contribution < -0.4 is 9.47 Å². The summed E-state index contributed by atoms with van der Waals surface area (Å²) in [6.07, 6.45) is 2.58. The van der Waals surface area contributed by atoms with Gasteiger partial charge in [0.2, 0.25) is 0 Å². The second-order valence-corrected chi connectivity index (χ2v) is 11.0. The summed E-state index contributed by atoms with van der Waals surface area (Å²) >= 11 is 1.66. The summed E-state index contributed by atoms with van der Waals surface area (Å²) in [4.78, 5) is 19.6. The maximum Gasteiger partial charge on any atom is 0.195 e. The lowest BCUT2D eigenvalue weighted by atomic mass is 9.97. The standard InChI is InChI=1S/C33H38N2O3S/c1-3-34(4-2)21-23-37-27-15-11-25(12-16-27)32(36)31-29-9-5-6-10-30(29)39-33(31)26-13-17-28(18-14-26)38-24-22-35-19-7-8-20-35/h5-6,9-18H,3-4,7-8,19-24H2,1-2H3. The molecule has 6 heteroatoms. The summed E-state index contributed by atoms with van der Waals surface area (Å²) in [5, 5.41) is 0.994. The molecule has 0 aliphatic carbocycles. The van der Waals surface area contributed by atoms with E-state index in [9.17, 15) is 4.79 Å². The van der Waals surface area contributed by atoms with Gasteiger partial charge in [0.1, 0.15) is 24.7 Å². The predicted octanol–water partition coefficient (Wildman–Crippen LogP) is 6.99. The van der Waals surface area contributed by atoms with Crippen LogP contribution in [0.1, 0.15) is 42.6 Å². The number of ketones is 1. The molecule has 1 saturated heterocycles. The number of carbonyl (C=O) groups excluding carboxylic acids is 1. The average molecular weight is 543 g/mol. The summed E-state index contributed by atoms with van der Waals surface area (Å²) in [6.45, 7) is 11.9. The molecule has 2 heterocycles. The lowest BCUT2D eigenvalue weighted by Gasteiger charge is -2.18. The van der Waals surface area contributed by atoms with Crippen LogP contribution >= 0.6 is 11.3 Å². The Morgan fingerprint density at radius 1 is 0.846 bits per heavy atom. The molecule has 1 aliphatic rings. The van der Waals surface area contributed by atoms with Crippen molar-refractivity contribution < 1.29 is 14.3 Å². The van der Waals surface area contributed by atoms with Gasteiger partial charge < -0.3 is 14.4 Å². The largest absolute Gasteiger partial charge is 0.492 e. The molecule has 0 unspecified atom stereocenters. The quantitative estimate of drug-likeness (QED) is 0.170. The summed E-state index contributed by atoms with van der Waals surface area (Å²) in [6, 6.07) is 23.9. The zero-order chi connectivity index (χ0) is 27.0.